The van der Waals surface area contributed by atoms with Crippen molar-refractivity contribution in [2.45, 2.75) is 0 Å². The van der Waals surface area contributed by atoms with E-state index in [0.717, 1.165) is 19.1 Å². The van der Waals surface area contributed by atoms with E-state index in [4.69, 9.17) is 5.11 Å². The van der Waals surface area contributed by atoms with Gasteiger partial charge in [0.1, 0.15) is 5.69 Å². The summed E-state index contributed by atoms with van der Waals surface area (Å²) in [4.78, 5) is 11.2. The fraction of sp³-hybridized carbons (Fsp3) is 0. The van der Waals surface area contributed by atoms with Crippen molar-refractivity contribution in [2.75, 3.05) is 0 Å². The summed E-state index contributed by atoms with van der Waals surface area (Å²) in [5.41, 5.74) is 0.958. The smallest absolute Gasteiger partial charge is 0.352 e. The number of aromatic nitrogens is 1. The molecule has 0 bridgehead atoms. The van der Waals surface area contributed by atoms with Crippen molar-refractivity contribution >= 4 is 53.8 Å². The molecule has 0 radical (unpaired) electrons. The van der Waals surface area contributed by atoms with E-state index in [2.05, 4.69) is 47.8 Å². The van der Waals surface area contributed by atoms with Crippen LogP contribution in [0, 0.1) is 0 Å². The van der Waals surface area contributed by atoms with Crippen LogP contribution in [0.25, 0.3) is 5.69 Å². The van der Waals surface area contributed by atoms with Crippen LogP contribution < -0.4 is 0 Å². The summed E-state index contributed by atoms with van der Waals surface area (Å²) in [7, 11) is 0. The Balaban J connectivity index is 2.72. The van der Waals surface area contributed by atoms with Crippen molar-refractivity contribution in [3.05, 3.63) is 49.6 Å². The average Bonchev–Trinajstić information content (AvgIpc) is 2.60. The second-order valence-electron chi connectivity index (χ2n) is 3.29. The first kappa shape index (κ1) is 12.9. The summed E-state index contributed by atoms with van der Waals surface area (Å²) >= 11 is 10.1. The number of aromatic carboxylic acids is 1. The molecular weight excluding hydrogens is 418 g/mol. The van der Waals surface area contributed by atoms with Gasteiger partial charge in [-0.25, -0.2) is 4.79 Å². The second kappa shape index (κ2) is 4.96. The highest BCUT2D eigenvalue weighted by atomic mass is 79.9. The number of carbonyl (C=O) groups is 1. The molecule has 2 aromatic rings. The summed E-state index contributed by atoms with van der Waals surface area (Å²) in [5, 5.41) is 9.15. The Bertz CT molecular complexity index is 572. The Kier molecular flexibility index (Phi) is 3.75. The predicted octanol–water partition coefficient (Wildman–Crippen LogP) is 4.46. The maximum atomic E-state index is 11.2. The summed E-state index contributed by atoms with van der Waals surface area (Å²) in [6.45, 7) is 0. The third-order valence-electron chi connectivity index (χ3n) is 2.18. The lowest BCUT2D eigenvalue weighted by atomic mass is 10.3. The van der Waals surface area contributed by atoms with Crippen molar-refractivity contribution in [1.82, 2.24) is 4.57 Å². The van der Waals surface area contributed by atoms with Crippen LogP contribution >= 0.6 is 47.8 Å². The highest BCUT2D eigenvalue weighted by molar-refractivity contribution is 9.11. The van der Waals surface area contributed by atoms with Gasteiger partial charge in [0.2, 0.25) is 0 Å². The number of rotatable bonds is 2. The summed E-state index contributed by atoms with van der Waals surface area (Å²) < 4.78 is 3.97. The first-order valence-corrected chi connectivity index (χ1v) is 6.94. The van der Waals surface area contributed by atoms with Gasteiger partial charge in [0.15, 0.2) is 0 Å². The highest BCUT2D eigenvalue weighted by Crippen LogP contribution is 2.31. The lowest BCUT2D eigenvalue weighted by Crippen LogP contribution is -2.06. The molecule has 1 aromatic heterocycles. The fourth-order valence-corrected chi connectivity index (χ4v) is 3.30. The van der Waals surface area contributed by atoms with E-state index in [1.54, 1.807) is 16.8 Å². The predicted molar refractivity (Wildman–Crippen MR) is 75.8 cm³/mol. The van der Waals surface area contributed by atoms with Crippen LogP contribution in [-0.4, -0.2) is 15.6 Å². The molecule has 0 amide bonds. The number of para-hydroxylation sites is 1. The number of halogens is 3. The third kappa shape index (κ3) is 2.48. The van der Waals surface area contributed by atoms with Crippen LogP contribution in [0.1, 0.15) is 10.5 Å². The van der Waals surface area contributed by atoms with Gasteiger partial charge >= 0.3 is 5.97 Å². The van der Waals surface area contributed by atoms with Crippen LogP contribution in [0.15, 0.2) is 43.9 Å². The molecule has 1 N–H and O–H groups in total. The number of hydrogen-bond acceptors (Lipinski definition) is 1. The van der Waals surface area contributed by atoms with Crippen molar-refractivity contribution in [3.63, 3.8) is 0 Å². The molecule has 1 aromatic carbocycles. The van der Waals surface area contributed by atoms with Gasteiger partial charge in [-0.15, -0.1) is 0 Å². The van der Waals surface area contributed by atoms with Gasteiger partial charge in [0, 0.05) is 19.6 Å². The zero-order chi connectivity index (χ0) is 12.6. The molecule has 0 aliphatic rings. The van der Waals surface area contributed by atoms with Gasteiger partial charge in [0.25, 0.3) is 0 Å². The molecule has 6 heteroatoms. The third-order valence-corrected chi connectivity index (χ3v) is 3.90. The zero-order valence-corrected chi connectivity index (χ0v) is 13.1. The lowest BCUT2D eigenvalue weighted by molar-refractivity contribution is 0.0688. The van der Waals surface area contributed by atoms with E-state index in [1.165, 1.54) is 0 Å². The number of carboxylic acids is 1. The van der Waals surface area contributed by atoms with Crippen molar-refractivity contribution in [3.8, 4) is 5.69 Å². The summed E-state index contributed by atoms with van der Waals surface area (Å²) in [6.07, 6.45) is 1.72. The van der Waals surface area contributed by atoms with Gasteiger partial charge in [0.05, 0.1) is 5.69 Å². The molecule has 0 aliphatic carbocycles. The molecule has 17 heavy (non-hydrogen) atoms. The van der Waals surface area contributed by atoms with Gasteiger partial charge < -0.3 is 9.67 Å². The molecule has 0 atom stereocenters. The topological polar surface area (TPSA) is 42.2 Å². The largest absolute Gasteiger partial charge is 0.477 e. The first-order valence-electron chi connectivity index (χ1n) is 4.56. The Labute approximate surface area is 123 Å². The molecule has 0 saturated heterocycles. The Morgan fingerprint density at radius 3 is 2.29 bits per heavy atom. The molecule has 0 fully saturated rings. The highest BCUT2D eigenvalue weighted by Gasteiger charge is 2.16. The minimum atomic E-state index is -0.974. The number of hydrogen-bond donors (Lipinski definition) is 1. The van der Waals surface area contributed by atoms with Gasteiger partial charge in [-0.2, -0.15) is 0 Å². The molecule has 0 aliphatic heterocycles. The standard InChI is InChI=1S/C11H6Br3NO2/c12-6-4-9(11(16)17)15(5-6)10-7(13)2-1-3-8(10)14/h1-5H,(H,16,17). The van der Waals surface area contributed by atoms with Crippen LogP contribution in [0.2, 0.25) is 0 Å². The van der Waals surface area contributed by atoms with Gasteiger partial charge in [-0.1, -0.05) is 6.07 Å². The zero-order valence-electron chi connectivity index (χ0n) is 8.32. The maximum absolute atomic E-state index is 11.2. The quantitative estimate of drug-likeness (QED) is 0.774. The van der Waals surface area contributed by atoms with E-state index < -0.39 is 5.97 Å². The summed E-state index contributed by atoms with van der Waals surface area (Å²) in [6, 6.07) is 7.16. The van der Waals surface area contributed by atoms with Crippen molar-refractivity contribution < 1.29 is 9.90 Å². The van der Waals surface area contributed by atoms with E-state index in [1.807, 2.05) is 18.2 Å². The first-order chi connectivity index (χ1) is 8.00. The number of benzene rings is 1. The van der Waals surface area contributed by atoms with Gasteiger partial charge in [-0.3, -0.25) is 0 Å². The molecule has 0 saturated carbocycles. The number of nitrogens with zero attached hydrogens (tertiary/aromatic N) is 1. The average molecular weight is 424 g/mol. The SMILES string of the molecule is O=C(O)c1cc(Br)cn1-c1c(Br)cccc1Br. The molecule has 2 rings (SSSR count). The Morgan fingerprint density at radius 1 is 1.18 bits per heavy atom. The molecule has 3 nitrogen and oxygen atoms in total. The molecule has 0 unspecified atom stereocenters. The maximum Gasteiger partial charge on any atom is 0.352 e. The van der Waals surface area contributed by atoms with Gasteiger partial charge in [-0.05, 0) is 66.0 Å². The van der Waals surface area contributed by atoms with Crippen molar-refractivity contribution in [1.29, 1.82) is 0 Å². The Hall–Kier alpha value is -0.590. The monoisotopic (exact) mass is 421 g/mol. The second-order valence-corrected chi connectivity index (χ2v) is 5.91. The Morgan fingerprint density at radius 2 is 1.76 bits per heavy atom. The molecule has 0 spiro atoms. The lowest BCUT2D eigenvalue weighted by Gasteiger charge is -2.10. The summed E-state index contributed by atoms with van der Waals surface area (Å²) in [5.74, 6) is -0.974. The van der Waals surface area contributed by atoms with Crippen LogP contribution in [0.4, 0.5) is 0 Å². The van der Waals surface area contributed by atoms with E-state index in [-0.39, 0.29) is 5.69 Å². The molecule has 1 heterocycles. The van der Waals surface area contributed by atoms with Crippen molar-refractivity contribution in [2.24, 2.45) is 0 Å². The van der Waals surface area contributed by atoms with Crippen LogP contribution in [-0.2, 0) is 0 Å². The molecular formula is C11H6Br3NO2. The fourth-order valence-electron chi connectivity index (χ4n) is 1.50. The van der Waals surface area contributed by atoms with E-state index >= 15 is 0 Å². The van der Waals surface area contributed by atoms with E-state index in [9.17, 15) is 4.79 Å². The number of carboxylic acid groups (broad SMARTS) is 1. The van der Waals surface area contributed by atoms with Crippen LogP contribution in [0.5, 0.6) is 0 Å². The van der Waals surface area contributed by atoms with E-state index in [0.29, 0.717) is 0 Å². The minimum Gasteiger partial charge on any atom is -0.477 e. The minimum absolute atomic E-state index is 0.199. The van der Waals surface area contributed by atoms with Crippen LogP contribution in [0.3, 0.4) is 0 Å². The molecule has 88 valence electrons. The normalized spacial score (nSPS) is 10.5.